The standard InChI is InChI=1S/C18H15ClO3/c1-20-17-7-4-12(9-18(17)21-2)3-6-15-11-13-10-14(19)5-8-16(13)22-15/h3-11H,1-2H3/b6-3+. The van der Waals surface area contributed by atoms with Crippen molar-refractivity contribution in [2.75, 3.05) is 14.2 Å². The molecule has 0 N–H and O–H groups in total. The van der Waals surface area contributed by atoms with Crippen LogP contribution in [0.3, 0.4) is 0 Å². The predicted octanol–water partition coefficient (Wildman–Crippen LogP) is 5.27. The lowest BCUT2D eigenvalue weighted by Crippen LogP contribution is -1.90. The molecule has 0 bridgehead atoms. The van der Waals surface area contributed by atoms with E-state index in [0.29, 0.717) is 16.5 Å². The van der Waals surface area contributed by atoms with Gasteiger partial charge in [0.25, 0.3) is 0 Å². The van der Waals surface area contributed by atoms with Crippen LogP contribution in [0.4, 0.5) is 0 Å². The number of hydrogen-bond donors (Lipinski definition) is 0. The monoisotopic (exact) mass is 314 g/mol. The van der Waals surface area contributed by atoms with Crippen molar-refractivity contribution in [2.45, 2.75) is 0 Å². The molecule has 0 saturated heterocycles. The molecule has 0 spiro atoms. The quantitative estimate of drug-likeness (QED) is 0.657. The Bertz CT molecular complexity index is 833. The summed E-state index contributed by atoms with van der Waals surface area (Å²) in [5.74, 6) is 2.17. The molecule has 3 nitrogen and oxygen atoms in total. The summed E-state index contributed by atoms with van der Waals surface area (Å²) in [6, 6.07) is 13.3. The van der Waals surface area contributed by atoms with Gasteiger partial charge in [0, 0.05) is 10.4 Å². The van der Waals surface area contributed by atoms with Crippen molar-refractivity contribution in [3.8, 4) is 11.5 Å². The first-order chi connectivity index (χ1) is 10.7. The fraction of sp³-hybridized carbons (Fsp3) is 0.111. The fourth-order valence-electron chi connectivity index (χ4n) is 2.25. The zero-order chi connectivity index (χ0) is 15.5. The van der Waals surface area contributed by atoms with Crippen LogP contribution in [0, 0.1) is 0 Å². The molecule has 112 valence electrons. The second-order valence-electron chi connectivity index (χ2n) is 4.78. The van der Waals surface area contributed by atoms with E-state index in [1.807, 2.05) is 54.6 Å². The third-order valence-corrected chi connectivity index (χ3v) is 3.58. The summed E-state index contributed by atoms with van der Waals surface area (Å²) in [6.45, 7) is 0. The van der Waals surface area contributed by atoms with E-state index in [1.54, 1.807) is 14.2 Å². The summed E-state index contributed by atoms with van der Waals surface area (Å²) in [5.41, 5.74) is 1.81. The van der Waals surface area contributed by atoms with Crippen LogP contribution >= 0.6 is 11.6 Å². The Morgan fingerprint density at radius 2 is 1.73 bits per heavy atom. The topological polar surface area (TPSA) is 31.6 Å². The molecular weight excluding hydrogens is 300 g/mol. The normalized spacial score (nSPS) is 11.2. The molecule has 0 unspecified atom stereocenters. The average molecular weight is 315 g/mol. The lowest BCUT2D eigenvalue weighted by molar-refractivity contribution is 0.355. The summed E-state index contributed by atoms with van der Waals surface area (Å²) in [7, 11) is 3.24. The van der Waals surface area contributed by atoms with Crippen molar-refractivity contribution >= 4 is 34.7 Å². The van der Waals surface area contributed by atoms with E-state index in [1.165, 1.54) is 0 Å². The van der Waals surface area contributed by atoms with Gasteiger partial charge in [0.15, 0.2) is 11.5 Å². The molecule has 0 aliphatic carbocycles. The maximum atomic E-state index is 5.98. The molecule has 0 atom stereocenters. The summed E-state index contributed by atoms with van der Waals surface area (Å²) < 4.78 is 16.3. The molecule has 3 aromatic rings. The summed E-state index contributed by atoms with van der Waals surface area (Å²) in [5, 5.41) is 1.68. The molecule has 3 rings (SSSR count). The SMILES string of the molecule is COc1ccc(/C=C/c2cc3cc(Cl)ccc3o2)cc1OC. The smallest absolute Gasteiger partial charge is 0.161 e. The van der Waals surface area contributed by atoms with Gasteiger partial charge in [0.1, 0.15) is 11.3 Å². The molecule has 1 aromatic heterocycles. The van der Waals surface area contributed by atoms with Crippen molar-refractivity contribution in [3.05, 3.63) is 58.8 Å². The minimum Gasteiger partial charge on any atom is -0.493 e. The van der Waals surface area contributed by atoms with Crippen molar-refractivity contribution in [1.82, 2.24) is 0 Å². The number of furan rings is 1. The van der Waals surface area contributed by atoms with Gasteiger partial charge in [0.2, 0.25) is 0 Å². The van der Waals surface area contributed by atoms with Gasteiger partial charge in [-0.05, 0) is 48.0 Å². The highest BCUT2D eigenvalue weighted by molar-refractivity contribution is 6.31. The zero-order valence-corrected chi connectivity index (χ0v) is 13.1. The number of fused-ring (bicyclic) bond motifs is 1. The van der Waals surface area contributed by atoms with E-state index in [9.17, 15) is 0 Å². The van der Waals surface area contributed by atoms with Gasteiger partial charge in [0.05, 0.1) is 14.2 Å². The Hall–Kier alpha value is -2.39. The molecular formula is C18H15ClO3. The number of methoxy groups -OCH3 is 2. The van der Waals surface area contributed by atoms with Crippen LogP contribution in [0.25, 0.3) is 23.1 Å². The van der Waals surface area contributed by atoms with Gasteiger partial charge in [-0.15, -0.1) is 0 Å². The van der Waals surface area contributed by atoms with Crippen molar-refractivity contribution in [3.63, 3.8) is 0 Å². The largest absolute Gasteiger partial charge is 0.493 e. The molecule has 0 fully saturated rings. The van der Waals surface area contributed by atoms with Crippen molar-refractivity contribution in [2.24, 2.45) is 0 Å². The first-order valence-electron chi connectivity index (χ1n) is 6.79. The highest BCUT2D eigenvalue weighted by atomic mass is 35.5. The molecule has 22 heavy (non-hydrogen) atoms. The third-order valence-electron chi connectivity index (χ3n) is 3.35. The molecule has 4 heteroatoms. The van der Waals surface area contributed by atoms with Gasteiger partial charge >= 0.3 is 0 Å². The van der Waals surface area contributed by atoms with Crippen LogP contribution in [0.15, 0.2) is 46.9 Å². The van der Waals surface area contributed by atoms with E-state index < -0.39 is 0 Å². The number of benzene rings is 2. The van der Waals surface area contributed by atoms with E-state index >= 15 is 0 Å². The van der Waals surface area contributed by atoms with Crippen LogP contribution in [0.1, 0.15) is 11.3 Å². The molecule has 2 aromatic carbocycles. The first-order valence-corrected chi connectivity index (χ1v) is 7.16. The fourth-order valence-corrected chi connectivity index (χ4v) is 2.43. The maximum Gasteiger partial charge on any atom is 0.161 e. The summed E-state index contributed by atoms with van der Waals surface area (Å²) >= 11 is 5.98. The van der Waals surface area contributed by atoms with Crippen LogP contribution in [0.2, 0.25) is 5.02 Å². The second-order valence-corrected chi connectivity index (χ2v) is 5.22. The van der Waals surface area contributed by atoms with Gasteiger partial charge in [-0.1, -0.05) is 23.7 Å². The summed E-state index contributed by atoms with van der Waals surface area (Å²) in [4.78, 5) is 0. The lowest BCUT2D eigenvalue weighted by atomic mass is 10.1. The molecule has 1 heterocycles. The predicted molar refractivity (Wildman–Crippen MR) is 89.7 cm³/mol. The van der Waals surface area contributed by atoms with E-state index in [4.69, 9.17) is 25.5 Å². The van der Waals surface area contributed by atoms with Crippen LogP contribution < -0.4 is 9.47 Å². The third kappa shape index (κ3) is 2.95. The maximum absolute atomic E-state index is 5.98. The highest BCUT2D eigenvalue weighted by Crippen LogP contribution is 2.29. The number of halogens is 1. The van der Waals surface area contributed by atoms with Crippen LogP contribution in [-0.4, -0.2) is 14.2 Å². The highest BCUT2D eigenvalue weighted by Gasteiger charge is 2.04. The minimum absolute atomic E-state index is 0.695. The Morgan fingerprint density at radius 3 is 2.50 bits per heavy atom. The van der Waals surface area contributed by atoms with Crippen LogP contribution in [-0.2, 0) is 0 Å². The van der Waals surface area contributed by atoms with Gasteiger partial charge in [-0.25, -0.2) is 0 Å². The Kier molecular flexibility index (Phi) is 4.07. The van der Waals surface area contributed by atoms with Gasteiger partial charge in [-0.2, -0.15) is 0 Å². The Morgan fingerprint density at radius 1 is 0.909 bits per heavy atom. The van der Waals surface area contributed by atoms with Gasteiger partial charge in [-0.3, -0.25) is 0 Å². The Labute approximate surface area is 133 Å². The summed E-state index contributed by atoms with van der Waals surface area (Å²) in [6.07, 6.45) is 3.87. The first kappa shape index (κ1) is 14.5. The van der Waals surface area contributed by atoms with E-state index in [-0.39, 0.29) is 0 Å². The van der Waals surface area contributed by atoms with Crippen LogP contribution in [0.5, 0.6) is 11.5 Å². The van der Waals surface area contributed by atoms with E-state index in [2.05, 4.69) is 0 Å². The second kappa shape index (κ2) is 6.16. The van der Waals surface area contributed by atoms with E-state index in [0.717, 1.165) is 22.3 Å². The zero-order valence-electron chi connectivity index (χ0n) is 12.3. The Balaban J connectivity index is 1.89. The minimum atomic E-state index is 0.695. The lowest BCUT2D eigenvalue weighted by Gasteiger charge is -2.07. The number of hydrogen-bond acceptors (Lipinski definition) is 3. The molecule has 0 aliphatic rings. The average Bonchev–Trinajstić information content (AvgIpc) is 2.94. The molecule has 0 aliphatic heterocycles. The molecule has 0 amide bonds. The molecule has 0 saturated carbocycles. The van der Waals surface area contributed by atoms with Crippen molar-refractivity contribution < 1.29 is 13.9 Å². The number of ether oxygens (including phenoxy) is 2. The van der Waals surface area contributed by atoms with Crippen molar-refractivity contribution in [1.29, 1.82) is 0 Å². The molecule has 0 radical (unpaired) electrons. The number of rotatable bonds is 4. The van der Waals surface area contributed by atoms with Gasteiger partial charge < -0.3 is 13.9 Å².